The third kappa shape index (κ3) is 8.82. The monoisotopic (exact) mass is 169 g/mol. The molecule has 4 heteroatoms. The Morgan fingerprint density at radius 3 is 1.25 bits per heavy atom. The van der Waals surface area contributed by atoms with Gasteiger partial charge in [-0.15, -0.1) is 0 Å². The summed E-state index contributed by atoms with van der Waals surface area (Å²) in [6.07, 6.45) is 0. The van der Waals surface area contributed by atoms with Gasteiger partial charge in [0.1, 0.15) is 0 Å². The van der Waals surface area contributed by atoms with Gasteiger partial charge in [-0.05, 0) is 0 Å². The Balaban J connectivity index is -0.00000000500. The van der Waals surface area contributed by atoms with Crippen LogP contribution in [0.2, 0.25) is 0 Å². The van der Waals surface area contributed by atoms with Crippen molar-refractivity contribution in [2.24, 2.45) is 0 Å². The van der Waals surface area contributed by atoms with Gasteiger partial charge in [-0.25, -0.2) is 0 Å². The summed E-state index contributed by atoms with van der Waals surface area (Å²) < 4.78 is 7.94. The number of hydrogen-bond donors (Lipinski definition) is 0. The normalized spacial score (nSPS) is 1.25. The average Bonchev–Trinajstić information content (AvgIpc) is 1.00. The van der Waals surface area contributed by atoms with Crippen molar-refractivity contribution in [1.29, 1.82) is 0 Å². The molecular weight excluding hydrogens is 169 g/mol. The zero-order chi connectivity index (χ0) is 2.00. The second kappa shape index (κ2) is 17.9. The molecule has 0 aliphatic carbocycles. The van der Waals surface area contributed by atoms with E-state index in [4.69, 9.17) is 3.87 Å². The van der Waals surface area contributed by atoms with Crippen molar-refractivity contribution < 1.29 is 36.6 Å². The Labute approximate surface area is 86.0 Å². The van der Waals surface area contributed by atoms with Gasteiger partial charge in [0, 0.05) is 68.5 Å². The van der Waals surface area contributed by atoms with Crippen molar-refractivity contribution in [1.82, 2.24) is 0 Å². The second-order valence-electron chi connectivity index (χ2n) is 0. The van der Waals surface area contributed by atoms with Crippen molar-refractivity contribution in [2.75, 3.05) is 0 Å². The van der Waals surface area contributed by atoms with Crippen molar-refractivity contribution >= 4 is 51.4 Å². The maximum atomic E-state index is 7.94. The first-order valence-electron chi connectivity index (χ1n) is 0.136. The topological polar surface area (TPSA) is 17.1 Å². The summed E-state index contributed by atoms with van der Waals surface area (Å²) >= 11 is 2.31. The zero-order valence-electron chi connectivity index (χ0n) is 2.12. The molecule has 0 aromatic rings. The summed E-state index contributed by atoms with van der Waals surface area (Å²) in [6, 6.07) is 0. The molecule has 0 aromatic heterocycles. The molecule has 2 radical (unpaired) electrons. The van der Waals surface area contributed by atoms with Crippen LogP contribution in [0.15, 0.2) is 0 Å². The van der Waals surface area contributed by atoms with Crippen LogP contribution in [0.4, 0.5) is 0 Å². The molecule has 0 amide bonds. The van der Waals surface area contributed by atoms with Gasteiger partial charge >= 0.3 is 19.5 Å². The molecule has 0 bridgehead atoms. The fraction of sp³-hybridized carbons (Fsp3) is 0. The van der Waals surface area contributed by atoms with Gasteiger partial charge in [0.25, 0.3) is 0 Å². The van der Waals surface area contributed by atoms with Crippen molar-refractivity contribution in [3.05, 3.63) is 0 Å². The maximum absolute atomic E-state index is 7.94. The average molecular weight is 169 g/mol. The quantitative estimate of drug-likeness (QED) is 0.446. The molecular formula is CoKMnO. The number of hydrogen-bond acceptors (Lipinski definition) is 1. The Kier molecular flexibility index (Phi) is 72.1. The summed E-state index contributed by atoms with van der Waals surface area (Å²) in [6.45, 7) is 0. The first-order valence-corrected chi connectivity index (χ1v) is 0.561. The molecule has 0 fully saturated rings. The second-order valence-corrected chi connectivity index (χ2v) is 0. The van der Waals surface area contributed by atoms with E-state index in [0.717, 1.165) is 0 Å². The summed E-state index contributed by atoms with van der Waals surface area (Å²) in [5, 5.41) is 0. The van der Waals surface area contributed by atoms with Crippen LogP contribution >= 0.6 is 0 Å². The van der Waals surface area contributed by atoms with Crippen LogP contribution < -0.4 is 0 Å². The minimum absolute atomic E-state index is 0. The predicted octanol–water partition coefficient (Wildman–Crippen LogP) is -0.505. The first-order chi connectivity index (χ1) is 1.00. The fourth-order valence-corrected chi connectivity index (χ4v) is 0. The van der Waals surface area contributed by atoms with E-state index in [0.29, 0.717) is 0 Å². The molecule has 0 heterocycles. The van der Waals surface area contributed by atoms with Crippen LogP contribution in [-0.4, -0.2) is 51.4 Å². The van der Waals surface area contributed by atoms with Gasteiger partial charge in [-0.3, -0.25) is 0 Å². The van der Waals surface area contributed by atoms with E-state index in [1.807, 2.05) is 0 Å². The number of rotatable bonds is 0. The molecule has 23 valence electrons. The van der Waals surface area contributed by atoms with Crippen LogP contribution in [0.1, 0.15) is 0 Å². The van der Waals surface area contributed by atoms with Crippen molar-refractivity contribution in [2.45, 2.75) is 0 Å². The van der Waals surface area contributed by atoms with Gasteiger partial charge in [-0.2, -0.15) is 0 Å². The van der Waals surface area contributed by atoms with E-state index < -0.39 is 0 Å². The van der Waals surface area contributed by atoms with E-state index in [-0.39, 0.29) is 68.5 Å². The Morgan fingerprint density at radius 1 is 1.25 bits per heavy atom. The van der Waals surface area contributed by atoms with E-state index >= 15 is 0 Å². The molecule has 0 aliphatic heterocycles. The van der Waals surface area contributed by atoms with Crippen LogP contribution in [0.3, 0.4) is 0 Å². The molecule has 4 heavy (non-hydrogen) atoms. The summed E-state index contributed by atoms with van der Waals surface area (Å²) in [5.74, 6) is 0. The molecule has 1 nitrogen and oxygen atoms in total. The van der Waals surface area contributed by atoms with Crippen LogP contribution in [0.5, 0.6) is 0 Å². The Bertz CT molecular complexity index is 8.00. The van der Waals surface area contributed by atoms with Crippen LogP contribution in [-0.2, 0) is 36.6 Å². The molecule has 0 saturated carbocycles. The SMILES string of the molecule is [K].[Mn].[O]=[Co]. The Hall–Kier alpha value is 2.46. The molecule has 0 aromatic carbocycles. The van der Waals surface area contributed by atoms with Crippen molar-refractivity contribution in [3.63, 3.8) is 0 Å². The Morgan fingerprint density at radius 2 is 1.25 bits per heavy atom. The molecule has 0 unspecified atom stereocenters. The first kappa shape index (κ1) is 16.1. The van der Waals surface area contributed by atoms with E-state index in [1.165, 1.54) is 0 Å². The van der Waals surface area contributed by atoms with Gasteiger partial charge < -0.3 is 0 Å². The van der Waals surface area contributed by atoms with E-state index in [2.05, 4.69) is 15.7 Å². The molecule has 0 atom stereocenters. The van der Waals surface area contributed by atoms with Gasteiger partial charge in [0.2, 0.25) is 0 Å². The summed E-state index contributed by atoms with van der Waals surface area (Å²) in [4.78, 5) is 0. The molecule has 0 saturated heterocycles. The van der Waals surface area contributed by atoms with E-state index in [1.54, 1.807) is 0 Å². The summed E-state index contributed by atoms with van der Waals surface area (Å²) in [5.41, 5.74) is 0. The van der Waals surface area contributed by atoms with Gasteiger partial charge in [0.05, 0.1) is 0 Å². The molecule has 0 N–H and O–H groups in total. The minimum atomic E-state index is 0. The standard InChI is InChI=1S/Co.K.Mn.O. The van der Waals surface area contributed by atoms with Gasteiger partial charge in [0.15, 0.2) is 0 Å². The van der Waals surface area contributed by atoms with Crippen LogP contribution in [0.25, 0.3) is 0 Å². The third-order valence-corrected chi connectivity index (χ3v) is 0. The third-order valence-electron chi connectivity index (χ3n) is 0. The van der Waals surface area contributed by atoms with Crippen molar-refractivity contribution in [3.8, 4) is 0 Å². The van der Waals surface area contributed by atoms with Crippen LogP contribution in [0, 0.1) is 0 Å². The predicted molar refractivity (Wildman–Crippen MR) is 6.44 cm³/mol. The molecule has 0 rings (SSSR count). The van der Waals surface area contributed by atoms with Gasteiger partial charge in [-0.1, -0.05) is 0 Å². The van der Waals surface area contributed by atoms with E-state index in [9.17, 15) is 0 Å². The molecule has 0 spiro atoms. The zero-order valence-corrected chi connectivity index (χ0v) is 7.46. The summed E-state index contributed by atoms with van der Waals surface area (Å²) in [7, 11) is 0. The fourth-order valence-electron chi connectivity index (χ4n) is 0. The molecule has 0 aliphatic rings.